The molecule has 0 amide bonds. The second kappa shape index (κ2) is 3.18. The van der Waals surface area contributed by atoms with Crippen LogP contribution in [0.25, 0.3) is 0 Å². The van der Waals surface area contributed by atoms with Crippen LogP contribution in [-0.4, -0.2) is 17.5 Å². The van der Waals surface area contributed by atoms with Gasteiger partial charge >= 0.3 is 11.9 Å². The Bertz CT molecular complexity index is 631. The highest BCUT2D eigenvalue weighted by molar-refractivity contribution is 6.16. The van der Waals surface area contributed by atoms with Gasteiger partial charge in [0.05, 0.1) is 16.9 Å². The van der Waals surface area contributed by atoms with Gasteiger partial charge in [-0.3, -0.25) is 0 Å². The summed E-state index contributed by atoms with van der Waals surface area (Å²) in [6.07, 6.45) is 1.94. The van der Waals surface area contributed by atoms with E-state index < -0.39 is 23.0 Å². The zero-order valence-electron chi connectivity index (χ0n) is 11.7. The van der Waals surface area contributed by atoms with Crippen LogP contribution in [0, 0.1) is 5.41 Å². The Kier molecular flexibility index (Phi) is 2.04. The Hall–Kier alpha value is -1.84. The first-order valence-corrected chi connectivity index (χ1v) is 6.30. The molecule has 2 heterocycles. The van der Waals surface area contributed by atoms with E-state index in [1.165, 1.54) is 0 Å². The van der Waals surface area contributed by atoms with Gasteiger partial charge < -0.3 is 9.47 Å². The number of carbonyl (C=O) groups excluding carboxylic acids is 2. The van der Waals surface area contributed by atoms with Gasteiger partial charge in [-0.05, 0) is 32.4 Å². The van der Waals surface area contributed by atoms with Gasteiger partial charge in [-0.1, -0.05) is 13.8 Å². The summed E-state index contributed by atoms with van der Waals surface area (Å²) in [5.41, 5.74) is 1.34. The summed E-state index contributed by atoms with van der Waals surface area (Å²) in [5, 5.41) is 0. The molecule has 0 N–H and O–H groups in total. The molecular formula is C15H16O4. The molecule has 0 aromatic heterocycles. The lowest BCUT2D eigenvalue weighted by molar-refractivity contribution is -0.152. The molecule has 0 fully saturated rings. The summed E-state index contributed by atoms with van der Waals surface area (Å²) in [5.74, 6) is -0.289. The van der Waals surface area contributed by atoms with Crippen molar-refractivity contribution < 1.29 is 19.1 Å². The Balaban J connectivity index is 2.36. The quantitative estimate of drug-likeness (QED) is 0.496. The van der Waals surface area contributed by atoms with E-state index >= 15 is 0 Å². The summed E-state index contributed by atoms with van der Waals surface area (Å²) in [6.45, 7) is 9.52. The maximum absolute atomic E-state index is 12.0. The molecular weight excluding hydrogens is 244 g/mol. The first-order valence-electron chi connectivity index (χ1n) is 6.30. The number of carbonyl (C=O) groups is 2. The van der Waals surface area contributed by atoms with Gasteiger partial charge in [-0.15, -0.1) is 0 Å². The third-order valence-corrected chi connectivity index (χ3v) is 4.67. The van der Waals surface area contributed by atoms with Gasteiger partial charge in [-0.25, -0.2) is 9.59 Å². The maximum atomic E-state index is 12.0. The summed E-state index contributed by atoms with van der Waals surface area (Å²) < 4.78 is 10.8. The number of esters is 2. The van der Waals surface area contributed by atoms with E-state index in [1.54, 1.807) is 0 Å². The average Bonchev–Trinajstić information content (AvgIpc) is 2.75. The molecule has 3 rings (SSSR count). The summed E-state index contributed by atoms with van der Waals surface area (Å²) in [6, 6.07) is 0. The molecule has 1 aliphatic carbocycles. The number of hydrogen-bond donors (Lipinski definition) is 0. The molecule has 4 heteroatoms. The predicted molar refractivity (Wildman–Crippen MR) is 67.9 cm³/mol. The number of fused-ring (bicyclic) bond motifs is 1. The van der Waals surface area contributed by atoms with Crippen LogP contribution in [0.5, 0.6) is 0 Å². The van der Waals surface area contributed by atoms with Crippen molar-refractivity contribution in [1.82, 2.24) is 0 Å². The first kappa shape index (κ1) is 12.2. The number of rotatable bonds is 0. The fourth-order valence-electron chi connectivity index (χ4n) is 3.35. The highest BCUT2D eigenvalue weighted by Gasteiger charge is 2.59. The third-order valence-electron chi connectivity index (χ3n) is 4.67. The second-order valence-corrected chi connectivity index (χ2v) is 5.98. The molecule has 0 bridgehead atoms. The molecule has 1 atom stereocenters. The lowest BCUT2D eigenvalue weighted by atomic mass is 9.61. The Labute approximate surface area is 111 Å². The maximum Gasteiger partial charge on any atom is 0.346 e. The van der Waals surface area contributed by atoms with Gasteiger partial charge in [0.15, 0.2) is 0 Å². The van der Waals surface area contributed by atoms with E-state index in [1.807, 2.05) is 40.7 Å². The van der Waals surface area contributed by atoms with Crippen LogP contribution in [0.4, 0.5) is 0 Å². The fourth-order valence-corrected chi connectivity index (χ4v) is 3.35. The van der Waals surface area contributed by atoms with Crippen LogP contribution in [0.2, 0.25) is 0 Å². The third kappa shape index (κ3) is 1.19. The average molecular weight is 260 g/mol. The summed E-state index contributed by atoms with van der Waals surface area (Å²) in [4.78, 5) is 23.9. The number of cyclic esters (lactones) is 2. The molecule has 2 aliphatic heterocycles. The van der Waals surface area contributed by atoms with Crippen molar-refractivity contribution in [2.75, 3.05) is 0 Å². The second-order valence-electron chi connectivity index (χ2n) is 5.98. The Morgan fingerprint density at radius 2 is 1.68 bits per heavy atom. The normalized spacial score (nSPS) is 31.9. The van der Waals surface area contributed by atoms with E-state index in [-0.39, 0.29) is 0 Å². The molecule has 0 unspecified atom stereocenters. The first-order chi connectivity index (χ1) is 8.70. The van der Waals surface area contributed by atoms with Crippen molar-refractivity contribution in [2.45, 2.75) is 40.2 Å². The van der Waals surface area contributed by atoms with Gasteiger partial charge in [0.2, 0.25) is 0 Å². The predicted octanol–water partition coefficient (Wildman–Crippen LogP) is 2.42. The van der Waals surface area contributed by atoms with E-state index in [4.69, 9.17) is 9.47 Å². The van der Waals surface area contributed by atoms with Crippen molar-refractivity contribution in [2.24, 2.45) is 5.41 Å². The Morgan fingerprint density at radius 1 is 1.05 bits per heavy atom. The van der Waals surface area contributed by atoms with Gasteiger partial charge in [0.25, 0.3) is 0 Å². The molecule has 19 heavy (non-hydrogen) atoms. The Morgan fingerprint density at radius 3 is 2.32 bits per heavy atom. The van der Waals surface area contributed by atoms with Gasteiger partial charge in [0, 0.05) is 11.0 Å². The highest BCUT2D eigenvalue weighted by Crippen LogP contribution is 2.57. The van der Waals surface area contributed by atoms with E-state index in [2.05, 4.69) is 0 Å². The summed E-state index contributed by atoms with van der Waals surface area (Å²) >= 11 is 0. The van der Waals surface area contributed by atoms with Crippen LogP contribution in [0.3, 0.4) is 0 Å². The highest BCUT2D eigenvalue weighted by atomic mass is 16.6. The van der Waals surface area contributed by atoms with Crippen molar-refractivity contribution in [3.8, 4) is 0 Å². The zero-order chi connectivity index (χ0) is 14.2. The molecule has 0 spiro atoms. The smallest absolute Gasteiger partial charge is 0.346 e. The van der Waals surface area contributed by atoms with Crippen LogP contribution < -0.4 is 0 Å². The molecule has 0 saturated carbocycles. The number of hydrogen-bond acceptors (Lipinski definition) is 4. The number of allylic oxidation sites excluding steroid dienone is 1. The standard InChI is InChI=1S/C15H16O4/c1-7-6-9-8(2)10-11(13(17)18-12(10)16)14(3,4)15(9,5)19-7/h6H,1-5H3/t15-/m1/s1. The molecule has 0 saturated heterocycles. The van der Waals surface area contributed by atoms with Crippen molar-refractivity contribution >= 4 is 11.9 Å². The molecule has 0 aromatic rings. The minimum Gasteiger partial charge on any atom is -0.487 e. The molecule has 4 nitrogen and oxygen atoms in total. The zero-order valence-corrected chi connectivity index (χ0v) is 11.7. The SMILES string of the molecule is CC1=CC2=C(C)C3=C(C(=O)OC3=O)C(C)(C)[C@]2(C)O1. The molecule has 3 aliphatic rings. The lowest BCUT2D eigenvalue weighted by Crippen LogP contribution is -2.48. The lowest BCUT2D eigenvalue weighted by Gasteiger charge is -2.45. The van der Waals surface area contributed by atoms with Crippen molar-refractivity contribution in [3.05, 3.63) is 34.1 Å². The van der Waals surface area contributed by atoms with Crippen molar-refractivity contribution in [3.63, 3.8) is 0 Å². The minimum atomic E-state index is -0.635. The molecule has 100 valence electrons. The van der Waals surface area contributed by atoms with E-state index in [0.29, 0.717) is 11.1 Å². The largest absolute Gasteiger partial charge is 0.487 e. The topological polar surface area (TPSA) is 52.6 Å². The fraction of sp³-hybridized carbons (Fsp3) is 0.467. The molecule has 0 aromatic carbocycles. The number of ether oxygens (including phenoxy) is 2. The van der Waals surface area contributed by atoms with Gasteiger partial charge in [0.1, 0.15) is 5.60 Å². The van der Waals surface area contributed by atoms with E-state index in [0.717, 1.165) is 16.9 Å². The van der Waals surface area contributed by atoms with Crippen molar-refractivity contribution in [1.29, 1.82) is 0 Å². The minimum absolute atomic E-state index is 0.414. The van der Waals surface area contributed by atoms with Crippen LogP contribution >= 0.6 is 0 Å². The van der Waals surface area contributed by atoms with Gasteiger partial charge in [-0.2, -0.15) is 0 Å². The van der Waals surface area contributed by atoms with Crippen LogP contribution in [-0.2, 0) is 19.1 Å². The van der Waals surface area contributed by atoms with E-state index in [9.17, 15) is 9.59 Å². The van der Waals surface area contributed by atoms with Crippen LogP contribution in [0.1, 0.15) is 34.6 Å². The summed E-state index contributed by atoms with van der Waals surface area (Å²) in [7, 11) is 0. The monoisotopic (exact) mass is 260 g/mol. The van der Waals surface area contributed by atoms with Crippen LogP contribution in [0.15, 0.2) is 34.1 Å². The molecule has 0 radical (unpaired) electrons.